The van der Waals surface area contributed by atoms with Gasteiger partial charge in [0.05, 0.1) is 23.4 Å². The fraction of sp³-hybridized carbons (Fsp3) is 0.222. The van der Waals surface area contributed by atoms with Gasteiger partial charge in [0.2, 0.25) is 0 Å². The SMILES string of the molecule is O=C1COc2c(cccc2C(=O)N[C@H]2c3ccccc3C[C@@H]2O)N1. The molecule has 1 aliphatic carbocycles. The van der Waals surface area contributed by atoms with Crippen LogP contribution in [-0.4, -0.2) is 29.6 Å². The van der Waals surface area contributed by atoms with Crippen molar-refractivity contribution in [1.82, 2.24) is 5.32 Å². The Morgan fingerprint density at radius 1 is 1.21 bits per heavy atom. The lowest BCUT2D eigenvalue weighted by Crippen LogP contribution is -2.35. The second kappa shape index (κ2) is 5.65. The monoisotopic (exact) mass is 324 g/mol. The fourth-order valence-electron chi connectivity index (χ4n) is 3.26. The van der Waals surface area contributed by atoms with Gasteiger partial charge in [0.1, 0.15) is 0 Å². The highest BCUT2D eigenvalue weighted by Crippen LogP contribution is 2.34. The molecule has 24 heavy (non-hydrogen) atoms. The Bertz CT molecular complexity index is 834. The molecular formula is C18H16N2O4. The Labute approximate surface area is 138 Å². The van der Waals surface area contributed by atoms with E-state index in [-0.39, 0.29) is 18.4 Å². The van der Waals surface area contributed by atoms with Crippen LogP contribution in [0.25, 0.3) is 0 Å². The first-order valence-corrected chi connectivity index (χ1v) is 7.76. The molecule has 0 aromatic heterocycles. The summed E-state index contributed by atoms with van der Waals surface area (Å²) in [7, 11) is 0. The van der Waals surface area contributed by atoms with E-state index in [9.17, 15) is 14.7 Å². The molecule has 0 fully saturated rings. The molecule has 6 heteroatoms. The minimum atomic E-state index is -0.661. The standard InChI is InChI=1S/C18H16N2O4/c21-14-8-10-4-1-2-5-11(10)16(14)20-18(23)12-6-3-7-13-17(12)24-9-15(22)19-13/h1-7,14,16,21H,8-9H2,(H,19,22)(H,20,23)/t14-,16-/m0/s1. The zero-order valence-electron chi connectivity index (χ0n) is 12.8. The molecule has 3 N–H and O–H groups in total. The molecule has 4 rings (SSSR count). The van der Waals surface area contributed by atoms with Gasteiger partial charge in [-0.3, -0.25) is 9.59 Å². The number of rotatable bonds is 2. The van der Waals surface area contributed by atoms with Crippen molar-refractivity contribution in [3.05, 3.63) is 59.2 Å². The maximum absolute atomic E-state index is 12.7. The normalized spacial score (nSPS) is 21.3. The average molecular weight is 324 g/mol. The molecule has 0 saturated heterocycles. The van der Waals surface area contributed by atoms with E-state index in [0.717, 1.165) is 11.1 Å². The van der Waals surface area contributed by atoms with Crippen molar-refractivity contribution in [3.63, 3.8) is 0 Å². The molecule has 122 valence electrons. The Morgan fingerprint density at radius 3 is 2.92 bits per heavy atom. The first-order valence-electron chi connectivity index (χ1n) is 7.76. The first-order chi connectivity index (χ1) is 11.6. The van der Waals surface area contributed by atoms with E-state index in [1.165, 1.54) is 0 Å². The fourth-order valence-corrected chi connectivity index (χ4v) is 3.26. The lowest BCUT2D eigenvalue weighted by atomic mass is 10.1. The number of nitrogens with one attached hydrogen (secondary N) is 2. The van der Waals surface area contributed by atoms with Crippen LogP contribution in [0.5, 0.6) is 5.75 Å². The summed E-state index contributed by atoms with van der Waals surface area (Å²) in [6.45, 7) is -0.119. The summed E-state index contributed by atoms with van der Waals surface area (Å²) in [4.78, 5) is 24.1. The van der Waals surface area contributed by atoms with Crippen molar-refractivity contribution in [1.29, 1.82) is 0 Å². The Morgan fingerprint density at radius 2 is 2.04 bits per heavy atom. The molecule has 2 atom stereocenters. The smallest absolute Gasteiger partial charge is 0.262 e. The summed E-state index contributed by atoms with van der Waals surface area (Å²) in [6.07, 6.45) is -0.146. The molecule has 2 aromatic rings. The number of ether oxygens (including phenoxy) is 1. The number of carbonyl (C=O) groups is 2. The molecule has 1 aliphatic heterocycles. The van der Waals surface area contributed by atoms with Crippen LogP contribution >= 0.6 is 0 Å². The molecule has 0 saturated carbocycles. The zero-order valence-corrected chi connectivity index (χ0v) is 12.8. The molecule has 2 amide bonds. The second-order valence-electron chi connectivity index (χ2n) is 5.94. The lowest BCUT2D eigenvalue weighted by molar-refractivity contribution is -0.118. The van der Waals surface area contributed by atoms with E-state index in [1.54, 1.807) is 18.2 Å². The molecular weight excluding hydrogens is 308 g/mol. The van der Waals surface area contributed by atoms with Crippen LogP contribution in [0.4, 0.5) is 5.69 Å². The van der Waals surface area contributed by atoms with Crippen LogP contribution in [-0.2, 0) is 11.2 Å². The zero-order chi connectivity index (χ0) is 16.7. The van der Waals surface area contributed by atoms with Crippen molar-refractivity contribution in [2.45, 2.75) is 18.6 Å². The summed E-state index contributed by atoms with van der Waals surface area (Å²) in [6, 6.07) is 12.2. The van der Waals surface area contributed by atoms with Crippen molar-refractivity contribution in [3.8, 4) is 5.75 Å². The molecule has 2 aliphatic rings. The largest absolute Gasteiger partial charge is 0.481 e. The molecule has 0 unspecified atom stereocenters. The van der Waals surface area contributed by atoms with Gasteiger partial charge in [0.25, 0.3) is 11.8 Å². The van der Waals surface area contributed by atoms with Crippen molar-refractivity contribution >= 4 is 17.5 Å². The van der Waals surface area contributed by atoms with Crippen molar-refractivity contribution < 1.29 is 19.4 Å². The van der Waals surface area contributed by atoms with Gasteiger partial charge in [-0.05, 0) is 23.3 Å². The first kappa shape index (κ1) is 14.7. The molecule has 6 nitrogen and oxygen atoms in total. The summed E-state index contributed by atoms with van der Waals surface area (Å²) < 4.78 is 5.41. The van der Waals surface area contributed by atoms with Gasteiger partial charge in [0, 0.05) is 6.42 Å². The summed E-state index contributed by atoms with van der Waals surface area (Å²) in [5.74, 6) is -0.237. The average Bonchev–Trinajstić information content (AvgIpc) is 2.89. The molecule has 2 aromatic carbocycles. The minimum Gasteiger partial charge on any atom is -0.481 e. The van der Waals surface area contributed by atoms with E-state index in [4.69, 9.17) is 4.74 Å². The highest BCUT2D eigenvalue weighted by molar-refractivity contribution is 6.03. The van der Waals surface area contributed by atoms with Gasteiger partial charge in [-0.1, -0.05) is 30.3 Å². The number of hydrogen-bond acceptors (Lipinski definition) is 4. The van der Waals surface area contributed by atoms with E-state index in [1.807, 2.05) is 24.3 Å². The van der Waals surface area contributed by atoms with Gasteiger partial charge < -0.3 is 20.5 Å². The van der Waals surface area contributed by atoms with Gasteiger partial charge in [-0.25, -0.2) is 0 Å². The third-order valence-corrected chi connectivity index (χ3v) is 4.37. The van der Waals surface area contributed by atoms with Crippen molar-refractivity contribution in [2.75, 3.05) is 11.9 Å². The third-order valence-electron chi connectivity index (χ3n) is 4.37. The summed E-state index contributed by atoms with van der Waals surface area (Å²) >= 11 is 0. The summed E-state index contributed by atoms with van der Waals surface area (Å²) in [5, 5.41) is 15.8. The van der Waals surface area contributed by atoms with E-state index < -0.39 is 12.1 Å². The molecule has 0 radical (unpaired) electrons. The van der Waals surface area contributed by atoms with Gasteiger partial charge >= 0.3 is 0 Å². The maximum Gasteiger partial charge on any atom is 0.262 e. The van der Waals surface area contributed by atoms with Crippen LogP contribution in [0, 0.1) is 0 Å². The van der Waals surface area contributed by atoms with Crippen LogP contribution in [0.15, 0.2) is 42.5 Å². The predicted molar refractivity (Wildman–Crippen MR) is 86.9 cm³/mol. The van der Waals surface area contributed by atoms with Crippen LogP contribution in [0.1, 0.15) is 27.5 Å². The third kappa shape index (κ3) is 2.41. The Hall–Kier alpha value is -2.86. The minimum absolute atomic E-state index is 0.119. The summed E-state index contributed by atoms with van der Waals surface area (Å²) in [5.41, 5.74) is 2.78. The maximum atomic E-state index is 12.7. The molecule has 0 bridgehead atoms. The van der Waals surface area contributed by atoms with Gasteiger partial charge in [-0.2, -0.15) is 0 Å². The van der Waals surface area contributed by atoms with E-state index >= 15 is 0 Å². The number of carbonyl (C=O) groups excluding carboxylic acids is 2. The Balaban J connectivity index is 1.62. The van der Waals surface area contributed by atoms with Crippen LogP contribution < -0.4 is 15.4 Å². The number of hydrogen-bond donors (Lipinski definition) is 3. The van der Waals surface area contributed by atoms with Crippen LogP contribution in [0.2, 0.25) is 0 Å². The number of anilines is 1. The topological polar surface area (TPSA) is 87.7 Å². The number of fused-ring (bicyclic) bond motifs is 2. The molecule has 0 spiro atoms. The number of aliphatic hydroxyl groups is 1. The number of benzene rings is 2. The van der Waals surface area contributed by atoms with Gasteiger partial charge in [0.15, 0.2) is 12.4 Å². The number of aliphatic hydroxyl groups excluding tert-OH is 1. The van der Waals surface area contributed by atoms with E-state index in [2.05, 4.69) is 10.6 Å². The van der Waals surface area contributed by atoms with E-state index in [0.29, 0.717) is 23.4 Å². The van der Waals surface area contributed by atoms with Gasteiger partial charge in [-0.15, -0.1) is 0 Å². The lowest BCUT2D eigenvalue weighted by Gasteiger charge is -2.22. The quantitative estimate of drug-likeness (QED) is 0.779. The number of amides is 2. The Kier molecular flexibility index (Phi) is 3.46. The highest BCUT2D eigenvalue weighted by atomic mass is 16.5. The predicted octanol–water partition coefficient (Wildman–Crippen LogP) is 1.41. The van der Waals surface area contributed by atoms with Crippen molar-refractivity contribution in [2.24, 2.45) is 0 Å². The van der Waals surface area contributed by atoms with Crippen LogP contribution in [0.3, 0.4) is 0 Å². The highest BCUT2D eigenvalue weighted by Gasteiger charge is 2.33. The number of para-hydroxylation sites is 1. The molecule has 1 heterocycles. The second-order valence-corrected chi connectivity index (χ2v) is 5.94.